The van der Waals surface area contributed by atoms with Crippen molar-refractivity contribution >= 4 is 40.7 Å². The maximum atomic E-state index is 13.3. The van der Waals surface area contributed by atoms with Gasteiger partial charge in [-0.15, -0.1) is 12.4 Å². The molecule has 0 unspecified atom stereocenters. The average molecular weight is 444 g/mol. The summed E-state index contributed by atoms with van der Waals surface area (Å²) in [6, 6.07) is 16.6. The fourth-order valence-electron chi connectivity index (χ4n) is 3.79. The van der Waals surface area contributed by atoms with Gasteiger partial charge in [0.05, 0.1) is 5.52 Å². The van der Waals surface area contributed by atoms with Gasteiger partial charge in [-0.1, -0.05) is 41.9 Å². The van der Waals surface area contributed by atoms with Crippen LogP contribution in [0.25, 0.3) is 10.9 Å². The highest BCUT2D eigenvalue weighted by Crippen LogP contribution is 2.33. The van der Waals surface area contributed by atoms with Gasteiger partial charge in [-0.3, -0.25) is 0 Å². The van der Waals surface area contributed by atoms with Crippen molar-refractivity contribution in [3.05, 3.63) is 94.0 Å². The van der Waals surface area contributed by atoms with Gasteiger partial charge in [-0.25, -0.2) is 9.37 Å². The summed E-state index contributed by atoms with van der Waals surface area (Å²) in [7, 11) is 2.02. The van der Waals surface area contributed by atoms with Crippen LogP contribution in [0.4, 0.5) is 10.2 Å². The monoisotopic (exact) mass is 443 g/mol. The minimum atomic E-state index is -0.225. The molecule has 0 N–H and O–H groups in total. The molecule has 30 heavy (non-hydrogen) atoms. The Bertz CT molecular complexity index is 1170. The predicted molar refractivity (Wildman–Crippen MR) is 126 cm³/mol. The van der Waals surface area contributed by atoms with E-state index in [4.69, 9.17) is 16.6 Å². The molecule has 6 heteroatoms. The number of pyridine rings is 1. The van der Waals surface area contributed by atoms with Crippen LogP contribution in [-0.4, -0.2) is 16.6 Å². The van der Waals surface area contributed by atoms with E-state index in [9.17, 15) is 4.39 Å². The molecule has 0 radical (unpaired) electrons. The standard InChI is InChI=1S/C24H23ClFN3.ClH/c1-16-17(2)29(15-19-6-4-5-7-22(19)25)23-21(16)12-13-27-24(23)28(3)14-18-8-10-20(26)11-9-18;/h4-13H,14-15H2,1-3H3;1H. The van der Waals surface area contributed by atoms with E-state index in [2.05, 4.69) is 35.4 Å². The molecule has 0 saturated carbocycles. The number of aryl methyl sites for hydroxylation is 1. The first kappa shape index (κ1) is 22.1. The second-order valence-electron chi connectivity index (χ2n) is 7.40. The lowest BCUT2D eigenvalue weighted by Crippen LogP contribution is -2.19. The van der Waals surface area contributed by atoms with Crippen LogP contribution >= 0.6 is 24.0 Å². The summed E-state index contributed by atoms with van der Waals surface area (Å²) in [6.45, 7) is 5.60. The number of anilines is 1. The fourth-order valence-corrected chi connectivity index (χ4v) is 3.98. The van der Waals surface area contributed by atoms with Gasteiger partial charge >= 0.3 is 0 Å². The van der Waals surface area contributed by atoms with Crippen LogP contribution in [0.5, 0.6) is 0 Å². The van der Waals surface area contributed by atoms with Crippen molar-refractivity contribution in [3.8, 4) is 0 Å². The summed E-state index contributed by atoms with van der Waals surface area (Å²) in [6.07, 6.45) is 1.85. The quantitative estimate of drug-likeness (QED) is 0.348. The summed E-state index contributed by atoms with van der Waals surface area (Å²) < 4.78 is 15.5. The van der Waals surface area contributed by atoms with E-state index < -0.39 is 0 Å². The van der Waals surface area contributed by atoms with Gasteiger partial charge in [0.25, 0.3) is 0 Å². The molecule has 0 fully saturated rings. The molecule has 0 saturated heterocycles. The van der Waals surface area contributed by atoms with Gasteiger partial charge in [0.15, 0.2) is 5.82 Å². The first-order chi connectivity index (χ1) is 14.0. The first-order valence-corrected chi connectivity index (χ1v) is 9.97. The van der Waals surface area contributed by atoms with E-state index in [1.165, 1.54) is 28.8 Å². The Kier molecular flexibility index (Phi) is 6.69. The van der Waals surface area contributed by atoms with E-state index in [0.717, 1.165) is 27.5 Å². The van der Waals surface area contributed by atoms with Crippen molar-refractivity contribution < 1.29 is 4.39 Å². The van der Waals surface area contributed by atoms with Crippen molar-refractivity contribution in [2.24, 2.45) is 0 Å². The molecular formula is C24H24Cl2FN3. The summed E-state index contributed by atoms with van der Waals surface area (Å²) >= 11 is 6.44. The molecule has 156 valence electrons. The van der Waals surface area contributed by atoms with Crippen LogP contribution < -0.4 is 4.90 Å². The lowest BCUT2D eigenvalue weighted by molar-refractivity contribution is 0.627. The molecule has 0 spiro atoms. The molecule has 0 amide bonds. The van der Waals surface area contributed by atoms with Crippen molar-refractivity contribution in [1.82, 2.24) is 9.55 Å². The van der Waals surface area contributed by atoms with Crippen LogP contribution in [0.1, 0.15) is 22.4 Å². The van der Waals surface area contributed by atoms with Gasteiger partial charge in [0.1, 0.15) is 5.82 Å². The Hall–Kier alpha value is -2.56. The maximum absolute atomic E-state index is 13.3. The molecule has 4 aromatic rings. The number of halogens is 3. The molecule has 3 nitrogen and oxygen atoms in total. The summed E-state index contributed by atoms with van der Waals surface area (Å²) in [4.78, 5) is 6.81. The number of aromatic nitrogens is 2. The first-order valence-electron chi connectivity index (χ1n) is 9.59. The number of nitrogens with zero attached hydrogens (tertiary/aromatic N) is 3. The van der Waals surface area contributed by atoms with Crippen molar-refractivity contribution in [2.45, 2.75) is 26.9 Å². The smallest absolute Gasteiger partial charge is 0.153 e. The molecule has 0 aliphatic carbocycles. The number of fused-ring (bicyclic) bond motifs is 1. The maximum Gasteiger partial charge on any atom is 0.153 e. The second-order valence-corrected chi connectivity index (χ2v) is 7.81. The lowest BCUT2D eigenvalue weighted by Gasteiger charge is -2.21. The minimum absolute atomic E-state index is 0. The van der Waals surface area contributed by atoms with Crippen molar-refractivity contribution in [1.29, 1.82) is 0 Å². The third-order valence-corrected chi connectivity index (χ3v) is 5.88. The molecule has 0 atom stereocenters. The van der Waals surface area contributed by atoms with Crippen LogP contribution in [0.15, 0.2) is 60.8 Å². The van der Waals surface area contributed by atoms with Crippen molar-refractivity contribution in [2.75, 3.05) is 11.9 Å². The molecule has 0 aliphatic rings. The van der Waals surface area contributed by atoms with Gasteiger partial charge in [-0.2, -0.15) is 0 Å². The zero-order valence-electron chi connectivity index (χ0n) is 17.2. The van der Waals surface area contributed by atoms with Crippen LogP contribution in [-0.2, 0) is 13.1 Å². The third-order valence-electron chi connectivity index (χ3n) is 5.51. The Balaban J connectivity index is 0.00000256. The highest BCUT2D eigenvalue weighted by molar-refractivity contribution is 6.31. The molecular weight excluding hydrogens is 420 g/mol. The highest BCUT2D eigenvalue weighted by Gasteiger charge is 2.18. The molecule has 2 aromatic carbocycles. The SMILES string of the molecule is Cc1c(C)n(Cc2ccccc2Cl)c2c(N(C)Cc3ccc(F)cc3)nccc12.Cl. The molecule has 0 bridgehead atoms. The van der Waals surface area contributed by atoms with E-state index in [-0.39, 0.29) is 18.2 Å². The van der Waals surface area contributed by atoms with E-state index in [1.54, 1.807) is 0 Å². The second kappa shape index (κ2) is 9.07. The van der Waals surface area contributed by atoms with Crippen molar-refractivity contribution in [3.63, 3.8) is 0 Å². The molecule has 2 heterocycles. The minimum Gasteiger partial charge on any atom is -0.354 e. The van der Waals surface area contributed by atoms with E-state index >= 15 is 0 Å². The molecule has 0 aliphatic heterocycles. The molecule has 2 aromatic heterocycles. The number of hydrogen-bond acceptors (Lipinski definition) is 2. The van der Waals surface area contributed by atoms with E-state index in [0.29, 0.717) is 13.1 Å². The Morgan fingerprint density at radius 3 is 2.43 bits per heavy atom. The van der Waals surface area contributed by atoms with E-state index in [1.807, 2.05) is 43.6 Å². The summed E-state index contributed by atoms with van der Waals surface area (Å²) in [5.74, 6) is 0.673. The van der Waals surface area contributed by atoms with Gasteiger partial charge in [0.2, 0.25) is 0 Å². The van der Waals surface area contributed by atoms with Gasteiger partial charge < -0.3 is 9.47 Å². The lowest BCUT2D eigenvalue weighted by atomic mass is 10.2. The topological polar surface area (TPSA) is 21.1 Å². The normalized spacial score (nSPS) is 10.8. The Morgan fingerprint density at radius 1 is 1.03 bits per heavy atom. The zero-order chi connectivity index (χ0) is 20.5. The van der Waals surface area contributed by atoms with Crippen LogP contribution in [0.2, 0.25) is 5.02 Å². The fraction of sp³-hybridized carbons (Fsp3) is 0.208. The largest absolute Gasteiger partial charge is 0.354 e. The number of rotatable bonds is 5. The highest BCUT2D eigenvalue weighted by atomic mass is 35.5. The molecule has 4 rings (SSSR count). The predicted octanol–water partition coefficient (Wildman–Crippen LogP) is 6.55. The zero-order valence-corrected chi connectivity index (χ0v) is 18.8. The van der Waals surface area contributed by atoms with Gasteiger partial charge in [-0.05, 0) is 54.8 Å². The number of benzene rings is 2. The summed E-state index contributed by atoms with van der Waals surface area (Å²) in [5, 5.41) is 1.95. The van der Waals surface area contributed by atoms with Crippen LogP contribution in [0.3, 0.4) is 0 Å². The van der Waals surface area contributed by atoms with Crippen LogP contribution in [0, 0.1) is 19.7 Å². The third kappa shape index (κ3) is 4.16. The Morgan fingerprint density at radius 2 is 1.73 bits per heavy atom. The number of hydrogen-bond donors (Lipinski definition) is 0. The average Bonchev–Trinajstić information content (AvgIpc) is 2.96. The summed E-state index contributed by atoms with van der Waals surface area (Å²) in [5.41, 5.74) is 5.64. The Labute approximate surface area is 187 Å². The van der Waals surface area contributed by atoms with Gasteiger partial charge in [0, 0.05) is 42.4 Å².